The molecule has 1 aliphatic heterocycles. The molecule has 2 aliphatic rings. The van der Waals surface area contributed by atoms with Crippen LogP contribution in [0.2, 0.25) is 13.1 Å². The lowest BCUT2D eigenvalue weighted by molar-refractivity contribution is 0.748. The first kappa shape index (κ1) is 24.7. The van der Waals surface area contributed by atoms with Crippen molar-refractivity contribution in [2.75, 3.05) is 10.6 Å². The lowest BCUT2D eigenvalue weighted by atomic mass is 9.90. The average Bonchev–Trinajstić information content (AvgIpc) is 3.19. The molecule has 5 aromatic rings. The molecule has 2 nitrogen and oxygen atoms in total. The van der Waals surface area contributed by atoms with Gasteiger partial charge in [-0.05, 0) is 65.3 Å². The molecule has 0 aromatic heterocycles. The molecule has 1 unspecified atom stereocenters. The average molecular weight is 535 g/mol. The first-order valence-electron chi connectivity index (χ1n) is 14.2. The van der Waals surface area contributed by atoms with Crippen LogP contribution in [0.5, 0.6) is 0 Å². The van der Waals surface area contributed by atoms with Gasteiger partial charge in [0.15, 0.2) is 0 Å². The van der Waals surface area contributed by atoms with Gasteiger partial charge in [0.2, 0.25) is 0 Å². The van der Waals surface area contributed by atoms with E-state index in [0.29, 0.717) is 5.92 Å². The summed E-state index contributed by atoms with van der Waals surface area (Å²) in [6.07, 6.45) is 6.00. The van der Waals surface area contributed by atoms with E-state index in [1.807, 2.05) is 0 Å². The van der Waals surface area contributed by atoms with E-state index < -0.39 is 8.07 Å². The summed E-state index contributed by atoms with van der Waals surface area (Å²) in [5.74, 6) is 0.609. The van der Waals surface area contributed by atoms with E-state index in [4.69, 9.17) is 0 Å². The maximum atomic E-state index is 3.75. The molecular weight excluding hydrogens is 501 g/mol. The summed E-state index contributed by atoms with van der Waals surface area (Å²) in [4.78, 5) is 0. The van der Waals surface area contributed by atoms with Crippen LogP contribution in [-0.2, 0) is 0 Å². The molecule has 0 saturated heterocycles. The van der Waals surface area contributed by atoms with Gasteiger partial charge in [0.05, 0.1) is 0 Å². The zero-order chi connectivity index (χ0) is 27.3. The minimum absolute atomic E-state index is 0.609. The third kappa shape index (κ3) is 4.37. The van der Waals surface area contributed by atoms with Gasteiger partial charge in [-0.2, -0.15) is 23.5 Å². The predicted octanol–water partition coefficient (Wildman–Crippen LogP) is 9.81. The maximum absolute atomic E-state index is 3.75. The smallest absolute Gasteiger partial charge is 0.0463 e. The lowest BCUT2D eigenvalue weighted by Crippen LogP contribution is -2.41. The Labute approximate surface area is 238 Å². The summed E-state index contributed by atoms with van der Waals surface area (Å²) in [5.41, 5.74) is 9.89. The Hall–Kier alpha value is -4.34. The van der Waals surface area contributed by atoms with Crippen LogP contribution in [0.25, 0.3) is 27.5 Å². The van der Waals surface area contributed by atoms with Crippen LogP contribution in [0.15, 0.2) is 127 Å². The van der Waals surface area contributed by atoms with Crippen LogP contribution >= 0.6 is 0 Å². The molecule has 1 aliphatic carbocycles. The van der Waals surface area contributed by atoms with Crippen molar-refractivity contribution >= 4 is 52.4 Å². The number of hydrogen-bond acceptors (Lipinski definition) is 2. The van der Waals surface area contributed by atoms with Gasteiger partial charge in [-0.25, -0.2) is 0 Å². The summed E-state index contributed by atoms with van der Waals surface area (Å²) in [6.45, 7) is 7.36. The third-order valence-electron chi connectivity index (χ3n) is 8.53. The number of allylic oxidation sites excluding steroid dienone is 4. The van der Waals surface area contributed by atoms with E-state index in [1.165, 1.54) is 27.5 Å². The minimum Gasteiger partial charge on any atom is -0.355 e. The second-order valence-corrected chi connectivity index (χ2v) is 16.1. The number of benzene rings is 5. The van der Waals surface area contributed by atoms with Crippen molar-refractivity contribution in [1.29, 1.82) is 0 Å². The maximum Gasteiger partial charge on any atom is 0.0463 e. The number of fused-ring (bicyclic) bond motifs is 3. The molecule has 0 saturated carbocycles. The fourth-order valence-electron chi connectivity index (χ4n) is 6.47. The molecule has 1 atom stereocenters. The summed E-state index contributed by atoms with van der Waals surface area (Å²) in [6, 6.07) is 39.4. The zero-order valence-electron chi connectivity index (χ0n) is 23.3. The molecule has 7 rings (SSSR count). The van der Waals surface area contributed by atoms with Crippen LogP contribution in [-0.4, -0.2) is 8.07 Å². The van der Waals surface area contributed by atoms with E-state index in [0.717, 1.165) is 29.2 Å². The van der Waals surface area contributed by atoms with Crippen LogP contribution in [0.1, 0.15) is 18.9 Å². The van der Waals surface area contributed by atoms with E-state index >= 15 is 0 Å². The summed E-state index contributed by atoms with van der Waals surface area (Å²) in [5, 5.41) is 13.0. The molecule has 0 fully saturated rings. The van der Waals surface area contributed by atoms with Crippen molar-refractivity contribution < 1.29 is 0 Å². The summed E-state index contributed by atoms with van der Waals surface area (Å²) >= 11 is 0. The Morgan fingerprint density at radius 1 is 0.675 bits per heavy atom. The molecule has 2 N–H and O–H groups in total. The van der Waals surface area contributed by atoms with Gasteiger partial charge in [0.1, 0.15) is 0 Å². The highest BCUT2D eigenvalue weighted by Gasteiger charge is 2.30. The molecule has 0 bridgehead atoms. The molecule has 0 amide bonds. The summed E-state index contributed by atoms with van der Waals surface area (Å²) < 4.78 is 0. The molecule has 1 heterocycles. The molecule has 5 aromatic carbocycles. The number of nitrogens with one attached hydrogen (secondary N) is 2. The Balaban J connectivity index is 1.32. The highest BCUT2D eigenvalue weighted by Crippen LogP contribution is 2.42. The van der Waals surface area contributed by atoms with Crippen molar-refractivity contribution in [2.24, 2.45) is 5.92 Å². The first-order chi connectivity index (χ1) is 19.5. The van der Waals surface area contributed by atoms with E-state index in [9.17, 15) is 0 Å². The molecule has 0 radical (unpaired) electrons. The van der Waals surface area contributed by atoms with Gasteiger partial charge in [-0.1, -0.05) is 111 Å². The number of rotatable bonds is 5. The Morgan fingerprint density at radius 3 is 2.27 bits per heavy atom. The van der Waals surface area contributed by atoms with E-state index in [1.54, 1.807) is 16.0 Å². The standard InChI is InChI=1S/C37H34N2Si/c1-25-16-19-36-34(20-25)33-18-17-27(23-37(33)40(36,2)3)28-21-30(38-29-12-5-4-6-13-29)24-31(22-28)39-35-15-9-11-26-10-7-8-14-32(26)35/h4-19,21-25,38-39H,20H2,1-3H3/q-1. The SMILES string of the molecule is CC1C=CC2=C(C1)c1ccc(-c3cc(Nc4ccccc4)cc(Nc4cccc5ccccc45)c3)cc1[Si-]2(C)C. The van der Waals surface area contributed by atoms with Crippen LogP contribution in [0, 0.1) is 5.92 Å². The molecule has 3 heteroatoms. The lowest BCUT2D eigenvalue weighted by Gasteiger charge is -2.35. The minimum atomic E-state index is -1.73. The van der Waals surface area contributed by atoms with Crippen molar-refractivity contribution in [3.63, 3.8) is 0 Å². The predicted molar refractivity (Wildman–Crippen MR) is 176 cm³/mol. The van der Waals surface area contributed by atoms with Gasteiger partial charge in [-0.15, -0.1) is 0 Å². The quantitative estimate of drug-likeness (QED) is 0.219. The van der Waals surface area contributed by atoms with Crippen molar-refractivity contribution in [3.8, 4) is 11.1 Å². The van der Waals surface area contributed by atoms with Crippen LogP contribution in [0.4, 0.5) is 22.7 Å². The second-order valence-electron chi connectivity index (χ2n) is 11.8. The molecule has 0 spiro atoms. The van der Waals surface area contributed by atoms with Crippen LogP contribution < -0.4 is 15.8 Å². The van der Waals surface area contributed by atoms with Gasteiger partial charge < -0.3 is 10.6 Å². The van der Waals surface area contributed by atoms with Crippen LogP contribution in [0.3, 0.4) is 0 Å². The van der Waals surface area contributed by atoms with Crippen molar-refractivity contribution in [2.45, 2.75) is 26.4 Å². The summed E-state index contributed by atoms with van der Waals surface area (Å²) in [7, 11) is -1.73. The first-order valence-corrected chi connectivity index (χ1v) is 17.2. The van der Waals surface area contributed by atoms with Gasteiger partial charge in [0, 0.05) is 28.1 Å². The fourth-order valence-corrected chi connectivity index (χ4v) is 9.69. The number of para-hydroxylation sites is 1. The Bertz CT molecular complexity index is 1810. The largest absolute Gasteiger partial charge is 0.355 e. The molecule has 197 valence electrons. The topological polar surface area (TPSA) is 24.1 Å². The molecular formula is C37H34N2Si-. The van der Waals surface area contributed by atoms with Crippen molar-refractivity contribution in [1.82, 2.24) is 0 Å². The van der Waals surface area contributed by atoms with Crippen molar-refractivity contribution in [3.05, 3.63) is 132 Å². The van der Waals surface area contributed by atoms with E-state index in [2.05, 4.69) is 152 Å². The monoisotopic (exact) mass is 534 g/mol. The van der Waals surface area contributed by atoms with E-state index in [-0.39, 0.29) is 0 Å². The highest BCUT2D eigenvalue weighted by atomic mass is 28.3. The normalized spacial score (nSPS) is 17.0. The van der Waals surface area contributed by atoms with Gasteiger partial charge in [0.25, 0.3) is 0 Å². The Morgan fingerprint density at radius 2 is 1.43 bits per heavy atom. The molecule has 40 heavy (non-hydrogen) atoms. The second kappa shape index (κ2) is 9.69. The highest BCUT2D eigenvalue weighted by molar-refractivity contribution is 6.99. The van der Waals surface area contributed by atoms with Gasteiger partial charge >= 0.3 is 0 Å². The third-order valence-corrected chi connectivity index (χ3v) is 12.1. The Kier molecular flexibility index (Phi) is 5.98. The number of hydrogen-bond donors (Lipinski definition) is 2. The van der Waals surface area contributed by atoms with Gasteiger partial charge in [-0.3, -0.25) is 0 Å². The fraction of sp³-hybridized carbons (Fsp3) is 0.135. The number of anilines is 4. The zero-order valence-corrected chi connectivity index (χ0v) is 24.3.